The lowest BCUT2D eigenvalue weighted by Crippen LogP contribution is -2.29. The van der Waals surface area contributed by atoms with Gasteiger partial charge in [-0.1, -0.05) is 12.2 Å². The minimum atomic E-state index is -3.51. The van der Waals surface area contributed by atoms with Crippen LogP contribution in [0.5, 0.6) is 0 Å². The molecule has 5 heteroatoms. The highest BCUT2D eigenvalue weighted by Crippen LogP contribution is 2.09. The Morgan fingerprint density at radius 3 is 3.08 bits per heavy atom. The van der Waals surface area contributed by atoms with Gasteiger partial charge in [0, 0.05) is 5.70 Å². The van der Waals surface area contributed by atoms with Crippen LogP contribution in [0.1, 0.15) is 19.8 Å². The third-order valence-corrected chi connectivity index (χ3v) is 2.58. The van der Waals surface area contributed by atoms with Crippen LogP contribution in [0.2, 0.25) is 0 Å². The molecule has 74 valence electrons. The van der Waals surface area contributed by atoms with Crippen LogP contribution in [0.3, 0.4) is 0 Å². The third kappa shape index (κ3) is 3.61. The van der Waals surface area contributed by atoms with Gasteiger partial charge in [-0.05, 0) is 25.8 Å². The molecule has 1 rings (SSSR count). The van der Waals surface area contributed by atoms with Crippen molar-refractivity contribution in [1.82, 2.24) is 4.72 Å². The van der Waals surface area contributed by atoms with E-state index in [1.54, 1.807) is 6.08 Å². The number of allylic oxidation sites excluding steroid dienone is 3. The molecule has 0 spiro atoms. The Labute approximate surface area is 78.5 Å². The van der Waals surface area contributed by atoms with Gasteiger partial charge in [0.05, 0.1) is 6.61 Å². The maximum Gasteiger partial charge on any atom is 0.360 e. The highest BCUT2D eigenvalue weighted by Gasteiger charge is 2.15. The van der Waals surface area contributed by atoms with Crippen molar-refractivity contribution in [2.24, 2.45) is 0 Å². The lowest BCUT2D eigenvalue weighted by molar-refractivity contribution is 0.340. The van der Waals surface area contributed by atoms with E-state index in [-0.39, 0.29) is 6.61 Å². The summed E-state index contributed by atoms with van der Waals surface area (Å²) in [5.41, 5.74) is 0.712. The molecule has 0 aromatic heterocycles. The Bertz CT molecular complexity index is 316. The molecule has 1 N–H and O–H groups in total. The lowest BCUT2D eigenvalue weighted by Gasteiger charge is -2.14. The van der Waals surface area contributed by atoms with Crippen molar-refractivity contribution in [1.29, 1.82) is 0 Å². The highest BCUT2D eigenvalue weighted by atomic mass is 32.2. The summed E-state index contributed by atoms with van der Waals surface area (Å²) in [7, 11) is -3.51. The van der Waals surface area contributed by atoms with Gasteiger partial charge in [-0.3, -0.25) is 4.72 Å². The van der Waals surface area contributed by atoms with Crippen LogP contribution < -0.4 is 4.72 Å². The zero-order chi connectivity index (χ0) is 9.73. The van der Waals surface area contributed by atoms with E-state index in [1.165, 1.54) is 0 Å². The second kappa shape index (κ2) is 4.43. The van der Waals surface area contributed by atoms with Gasteiger partial charge in [0.15, 0.2) is 0 Å². The number of rotatable bonds is 3. The van der Waals surface area contributed by atoms with Gasteiger partial charge in [-0.25, -0.2) is 4.18 Å². The van der Waals surface area contributed by atoms with Gasteiger partial charge in [0.1, 0.15) is 0 Å². The summed E-state index contributed by atoms with van der Waals surface area (Å²) in [6, 6.07) is 0. The first-order valence-corrected chi connectivity index (χ1v) is 5.52. The molecule has 1 aliphatic heterocycles. The van der Waals surface area contributed by atoms with Crippen molar-refractivity contribution in [2.75, 3.05) is 6.61 Å². The highest BCUT2D eigenvalue weighted by molar-refractivity contribution is 7.84. The summed E-state index contributed by atoms with van der Waals surface area (Å²) < 4.78 is 28.6. The molecule has 0 aromatic rings. The largest absolute Gasteiger partial charge is 0.360 e. The molecule has 0 aromatic carbocycles. The van der Waals surface area contributed by atoms with Crippen molar-refractivity contribution in [3.05, 3.63) is 23.9 Å². The average molecular weight is 203 g/mol. The molecule has 0 fully saturated rings. The molecule has 0 atom stereocenters. The Kier molecular flexibility index (Phi) is 3.50. The summed E-state index contributed by atoms with van der Waals surface area (Å²) in [6.07, 6.45) is 7.21. The fraction of sp³-hybridized carbons (Fsp3) is 0.500. The SMILES string of the molecule is CC=CCCC1=CCOS(=O)(=O)N1. The van der Waals surface area contributed by atoms with Crippen molar-refractivity contribution in [2.45, 2.75) is 19.8 Å². The molecular formula is C8H13NO3S. The van der Waals surface area contributed by atoms with Crippen molar-refractivity contribution >= 4 is 10.3 Å². The monoisotopic (exact) mass is 203 g/mol. The minimum absolute atomic E-state index is 0.139. The van der Waals surface area contributed by atoms with Gasteiger partial charge < -0.3 is 0 Å². The van der Waals surface area contributed by atoms with Gasteiger partial charge in [-0.2, -0.15) is 8.42 Å². The summed E-state index contributed by atoms with van der Waals surface area (Å²) in [4.78, 5) is 0. The molecule has 0 bridgehead atoms. The summed E-state index contributed by atoms with van der Waals surface area (Å²) >= 11 is 0. The zero-order valence-corrected chi connectivity index (χ0v) is 8.30. The Morgan fingerprint density at radius 1 is 1.69 bits per heavy atom. The molecule has 0 aliphatic carbocycles. The number of hydrogen-bond acceptors (Lipinski definition) is 3. The molecular weight excluding hydrogens is 190 g/mol. The molecule has 1 aliphatic rings. The maximum absolute atomic E-state index is 10.9. The molecule has 1 heterocycles. The van der Waals surface area contributed by atoms with E-state index < -0.39 is 10.3 Å². The second-order valence-corrected chi connectivity index (χ2v) is 4.03. The molecule has 0 unspecified atom stereocenters. The van der Waals surface area contributed by atoms with Crippen LogP contribution >= 0.6 is 0 Å². The quantitative estimate of drug-likeness (QED) is 0.698. The normalized spacial score (nSPS) is 21.2. The summed E-state index contributed by atoms with van der Waals surface area (Å²) in [5, 5.41) is 0. The Balaban J connectivity index is 2.47. The van der Waals surface area contributed by atoms with Crippen LogP contribution in [0, 0.1) is 0 Å². The van der Waals surface area contributed by atoms with E-state index in [9.17, 15) is 8.42 Å². The Morgan fingerprint density at radius 2 is 2.46 bits per heavy atom. The molecule has 0 saturated heterocycles. The van der Waals surface area contributed by atoms with Crippen LogP contribution in [0.25, 0.3) is 0 Å². The first kappa shape index (κ1) is 10.3. The maximum atomic E-state index is 10.9. The van der Waals surface area contributed by atoms with Crippen LogP contribution in [0.4, 0.5) is 0 Å². The Hall–Kier alpha value is -0.810. The summed E-state index contributed by atoms with van der Waals surface area (Å²) in [6.45, 7) is 2.07. The third-order valence-electron chi connectivity index (χ3n) is 1.63. The number of nitrogens with one attached hydrogen (secondary N) is 1. The van der Waals surface area contributed by atoms with Crippen molar-refractivity contribution in [3.8, 4) is 0 Å². The van der Waals surface area contributed by atoms with Crippen LogP contribution in [-0.2, 0) is 14.5 Å². The van der Waals surface area contributed by atoms with Gasteiger partial charge >= 0.3 is 10.3 Å². The minimum Gasteiger partial charge on any atom is -0.265 e. The van der Waals surface area contributed by atoms with E-state index in [1.807, 2.05) is 19.1 Å². The first-order valence-electron chi connectivity index (χ1n) is 4.11. The molecule has 0 amide bonds. The van der Waals surface area contributed by atoms with Crippen LogP contribution in [0.15, 0.2) is 23.9 Å². The van der Waals surface area contributed by atoms with Crippen molar-refractivity contribution < 1.29 is 12.6 Å². The zero-order valence-electron chi connectivity index (χ0n) is 7.49. The second-order valence-electron chi connectivity index (χ2n) is 2.68. The fourth-order valence-electron chi connectivity index (χ4n) is 1.01. The standard InChI is InChI=1S/C8H13NO3S/c1-2-3-4-5-8-6-7-12-13(10,11)9-8/h2-3,6,9H,4-5,7H2,1H3. The van der Waals surface area contributed by atoms with E-state index >= 15 is 0 Å². The predicted octanol–water partition coefficient (Wildman–Crippen LogP) is 1.09. The average Bonchev–Trinajstić information content (AvgIpc) is 2.03. The predicted molar refractivity (Wildman–Crippen MR) is 50.1 cm³/mol. The lowest BCUT2D eigenvalue weighted by atomic mass is 10.2. The molecule has 13 heavy (non-hydrogen) atoms. The fourth-order valence-corrected chi connectivity index (χ4v) is 1.83. The first-order chi connectivity index (χ1) is 6.14. The van der Waals surface area contributed by atoms with Gasteiger partial charge in [0.2, 0.25) is 0 Å². The van der Waals surface area contributed by atoms with Gasteiger partial charge in [-0.15, -0.1) is 0 Å². The molecule has 0 saturated carbocycles. The molecule has 0 radical (unpaired) electrons. The van der Waals surface area contributed by atoms with E-state index in [0.29, 0.717) is 12.1 Å². The van der Waals surface area contributed by atoms with Crippen LogP contribution in [-0.4, -0.2) is 15.0 Å². The van der Waals surface area contributed by atoms with Crippen molar-refractivity contribution in [3.63, 3.8) is 0 Å². The van der Waals surface area contributed by atoms with E-state index in [0.717, 1.165) is 6.42 Å². The van der Waals surface area contributed by atoms with Gasteiger partial charge in [0.25, 0.3) is 0 Å². The summed E-state index contributed by atoms with van der Waals surface area (Å²) in [5.74, 6) is 0. The van der Waals surface area contributed by atoms with E-state index in [4.69, 9.17) is 0 Å². The molecule has 4 nitrogen and oxygen atoms in total. The topological polar surface area (TPSA) is 55.4 Å². The number of hydrogen-bond donors (Lipinski definition) is 1. The van der Waals surface area contributed by atoms with E-state index in [2.05, 4.69) is 8.91 Å². The smallest absolute Gasteiger partial charge is 0.265 e.